The van der Waals surface area contributed by atoms with Gasteiger partial charge in [-0.2, -0.15) is 13.2 Å². The molecule has 1 unspecified atom stereocenters. The minimum absolute atomic E-state index is 0.247. The Morgan fingerprint density at radius 1 is 1.08 bits per heavy atom. The standard InChI is InChI=1S/C16H12ClF4NO2/c17-11-7-4-8-12(18)13(11)14(23)22-9-15(24,16(19,20)21)10-5-2-1-3-6-10/h1-8,24H,9H2,(H,22,23). The number of hydrogen-bond donors (Lipinski definition) is 2. The predicted molar refractivity (Wildman–Crippen MR) is 80.1 cm³/mol. The maximum Gasteiger partial charge on any atom is 0.423 e. The van der Waals surface area contributed by atoms with Crippen molar-refractivity contribution in [1.82, 2.24) is 5.32 Å². The zero-order valence-corrected chi connectivity index (χ0v) is 12.8. The number of aliphatic hydroxyl groups is 1. The van der Waals surface area contributed by atoms with Crippen LogP contribution >= 0.6 is 11.6 Å². The van der Waals surface area contributed by atoms with Crippen LogP contribution in [-0.2, 0) is 5.60 Å². The van der Waals surface area contributed by atoms with E-state index in [4.69, 9.17) is 11.6 Å². The number of benzene rings is 2. The van der Waals surface area contributed by atoms with Gasteiger partial charge >= 0.3 is 6.18 Å². The molecule has 1 atom stereocenters. The molecule has 0 aliphatic carbocycles. The summed E-state index contributed by atoms with van der Waals surface area (Å²) < 4.78 is 53.5. The van der Waals surface area contributed by atoms with Crippen molar-refractivity contribution in [1.29, 1.82) is 0 Å². The van der Waals surface area contributed by atoms with Gasteiger partial charge in [0.15, 0.2) is 0 Å². The number of alkyl halides is 3. The number of nitrogens with one attached hydrogen (secondary N) is 1. The van der Waals surface area contributed by atoms with Crippen molar-refractivity contribution in [3.8, 4) is 0 Å². The lowest BCUT2D eigenvalue weighted by Gasteiger charge is -2.31. The molecular formula is C16H12ClF4NO2. The van der Waals surface area contributed by atoms with Gasteiger partial charge in [-0.1, -0.05) is 48.0 Å². The first kappa shape index (κ1) is 18.2. The lowest BCUT2D eigenvalue weighted by atomic mass is 9.93. The van der Waals surface area contributed by atoms with Crippen LogP contribution in [-0.4, -0.2) is 23.7 Å². The minimum Gasteiger partial charge on any atom is -0.375 e. The van der Waals surface area contributed by atoms with Gasteiger partial charge in [-0.15, -0.1) is 0 Å². The van der Waals surface area contributed by atoms with Crippen molar-refractivity contribution in [2.75, 3.05) is 6.54 Å². The second-order valence-electron chi connectivity index (χ2n) is 5.00. The molecule has 3 nitrogen and oxygen atoms in total. The summed E-state index contributed by atoms with van der Waals surface area (Å²) in [6.07, 6.45) is -5.05. The van der Waals surface area contributed by atoms with Gasteiger partial charge in [0, 0.05) is 0 Å². The molecule has 2 N–H and O–H groups in total. The van der Waals surface area contributed by atoms with Gasteiger partial charge in [0.25, 0.3) is 5.91 Å². The monoisotopic (exact) mass is 361 g/mol. The first-order valence-corrected chi connectivity index (χ1v) is 7.11. The molecule has 2 rings (SSSR count). The maximum absolute atomic E-state index is 13.6. The second kappa shape index (κ2) is 6.78. The third-order valence-corrected chi connectivity index (χ3v) is 3.73. The zero-order valence-electron chi connectivity index (χ0n) is 12.1. The van der Waals surface area contributed by atoms with Crippen LogP contribution in [0.25, 0.3) is 0 Å². The number of rotatable bonds is 4. The molecule has 24 heavy (non-hydrogen) atoms. The molecule has 8 heteroatoms. The van der Waals surface area contributed by atoms with E-state index in [0.29, 0.717) is 0 Å². The summed E-state index contributed by atoms with van der Waals surface area (Å²) >= 11 is 5.70. The van der Waals surface area contributed by atoms with Gasteiger partial charge < -0.3 is 10.4 Å². The van der Waals surface area contributed by atoms with Crippen LogP contribution in [0.15, 0.2) is 48.5 Å². The van der Waals surface area contributed by atoms with E-state index >= 15 is 0 Å². The fourth-order valence-electron chi connectivity index (χ4n) is 2.09. The number of hydrogen-bond acceptors (Lipinski definition) is 2. The van der Waals surface area contributed by atoms with Gasteiger partial charge in [-0.25, -0.2) is 4.39 Å². The van der Waals surface area contributed by atoms with Crippen LogP contribution in [0.1, 0.15) is 15.9 Å². The third kappa shape index (κ3) is 3.52. The number of halogens is 5. The van der Waals surface area contributed by atoms with Crippen molar-refractivity contribution >= 4 is 17.5 Å². The molecule has 0 fully saturated rings. The second-order valence-corrected chi connectivity index (χ2v) is 5.41. The Balaban J connectivity index is 2.28. The van der Waals surface area contributed by atoms with Gasteiger partial charge in [0.1, 0.15) is 5.82 Å². The first-order chi connectivity index (χ1) is 11.2. The molecule has 0 aromatic heterocycles. The Kier molecular flexibility index (Phi) is 5.15. The van der Waals surface area contributed by atoms with Gasteiger partial charge in [-0.3, -0.25) is 4.79 Å². The summed E-state index contributed by atoms with van der Waals surface area (Å²) in [6.45, 7) is -1.19. The molecule has 0 radical (unpaired) electrons. The summed E-state index contributed by atoms with van der Waals surface area (Å²) in [6, 6.07) is 9.72. The maximum atomic E-state index is 13.6. The highest BCUT2D eigenvalue weighted by Gasteiger charge is 2.55. The lowest BCUT2D eigenvalue weighted by Crippen LogP contribution is -2.51. The fraction of sp³-hybridized carbons (Fsp3) is 0.188. The van der Waals surface area contributed by atoms with Gasteiger partial charge in [0.05, 0.1) is 17.1 Å². The van der Waals surface area contributed by atoms with Gasteiger partial charge in [-0.05, 0) is 17.7 Å². The molecule has 0 heterocycles. The van der Waals surface area contributed by atoms with Crippen molar-refractivity contribution in [3.05, 3.63) is 70.5 Å². The molecular weight excluding hydrogens is 350 g/mol. The number of carbonyl (C=O) groups excluding carboxylic acids is 1. The van der Waals surface area contributed by atoms with Crippen LogP contribution in [0.5, 0.6) is 0 Å². The highest BCUT2D eigenvalue weighted by atomic mass is 35.5. The average molecular weight is 362 g/mol. The summed E-state index contributed by atoms with van der Waals surface area (Å²) in [5.41, 5.74) is -4.35. The molecule has 0 saturated heterocycles. The van der Waals surface area contributed by atoms with E-state index in [1.807, 2.05) is 5.32 Å². The van der Waals surface area contributed by atoms with E-state index in [1.165, 1.54) is 30.3 Å². The smallest absolute Gasteiger partial charge is 0.375 e. The van der Waals surface area contributed by atoms with Crippen molar-refractivity contribution in [3.63, 3.8) is 0 Å². The first-order valence-electron chi connectivity index (χ1n) is 6.73. The molecule has 1 amide bonds. The van der Waals surface area contributed by atoms with Crippen LogP contribution in [0, 0.1) is 5.82 Å². The zero-order chi connectivity index (χ0) is 18.0. The Morgan fingerprint density at radius 2 is 1.71 bits per heavy atom. The van der Waals surface area contributed by atoms with E-state index in [-0.39, 0.29) is 5.02 Å². The highest BCUT2D eigenvalue weighted by molar-refractivity contribution is 6.33. The Morgan fingerprint density at radius 3 is 2.25 bits per heavy atom. The predicted octanol–water partition coefficient (Wildman–Crippen LogP) is 3.66. The summed E-state index contributed by atoms with van der Waals surface area (Å²) in [7, 11) is 0. The van der Waals surface area contributed by atoms with E-state index in [9.17, 15) is 27.5 Å². The van der Waals surface area contributed by atoms with Crippen molar-refractivity contribution < 1.29 is 27.5 Å². The molecule has 2 aromatic carbocycles. The molecule has 128 valence electrons. The number of carbonyl (C=O) groups is 1. The minimum atomic E-state index is -5.05. The van der Waals surface area contributed by atoms with Crippen LogP contribution < -0.4 is 5.32 Å². The molecule has 0 saturated carbocycles. The Labute approximate surface area is 139 Å². The summed E-state index contributed by atoms with van der Waals surface area (Å²) in [4.78, 5) is 12.0. The lowest BCUT2D eigenvalue weighted by molar-refractivity contribution is -0.263. The summed E-state index contributed by atoms with van der Waals surface area (Å²) in [5, 5.41) is 11.7. The van der Waals surface area contributed by atoms with Crippen molar-refractivity contribution in [2.45, 2.75) is 11.8 Å². The topological polar surface area (TPSA) is 49.3 Å². The van der Waals surface area contributed by atoms with Gasteiger partial charge in [0.2, 0.25) is 5.60 Å². The molecule has 2 aromatic rings. The SMILES string of the molecule is O=C(NCC(O)(c1ccccc1)C(F)(F)F)c1c(F)cccc1Cl. The van der Waals surface area contributed by atoms with Crippen LogP contribution in [0.4, 0.5) is 17.6 Å². The van der Waals surface area contributed by atoms with Crippen LogP contribution in [0.2, 0.25) is 5.02 Å². The normalized spacial score (nSPS) is 14.1. The average Bonchev–Trinajstić information content (AvgIpc) is 2.52. The van der Waals surface area contributed by atoms with E-state index in [0.717, 1.165) is 18.2 Å². The molecule has 0 spiro atoms. The highest BCUT2D eigenvalue weighted by Crippen LogP contribution is 2.38. The van der Waals surface area contributed by atoms with Crippen LogP contribution in [0.3, 0.4) is 0 Å². The van der Waals surface area contributed by atoms with E-state index in [1.54, 1.807) is 0 Å². The molecule has 0 aliphatic rings. The van der Waals surface area contributed by atoms with E-state index < -0.39 is 41.2 Å². The third-order valence-electron chi connectivity index (χ3n) is 3.41. The number of amides is 1. The summed E-state index contributed by atoms with van der Waals surface area (Å²) in [5.74, 6) is -2.13. The largest absolute Gasteiger partial charge is 0.423 e. The molecule has 0 aliphatic heterocycles. The Bertz CT molecular complexity index is 716. The fourth-order valence-corrected chi connectivity index (χ4v) is 2.34. The Hall–Kier alpha value is -2.12. The van der Waals surface area contributed by atoms with E-state index in [2.05, 4.69) is 0 Å². The quantitative estimate of drug-likeness (QED) is 0.817. The molecule has 0 bridgehead atoms. The van der Waals surface area contributed by atoms with Crippen molar-refractivity contribution in [2.24, 2.45) is 0 Å².